The number of hydrogen-bond donors (Lipinski definition) is 2. The lowest BCUT2D eigenvalue weighted by Crippen LogP contribution is -2.38. The van der Waals surface area contributed by atoms with Gasteiger partial charge in [-0.25, -0.2) is 4.79 Å². The highest BCUT2D eigenvalue weighted by atomic mass is 16.5. The molecule has 0 radical (unpaired) electrons. The van der Waals surface area contributed by atoms with Crippen LogP contribution in [-0.2, 0) is 4.74 Å². The largest absolute Gasteiger partial charge is 0.383 e. The van der Waals surface area contributed by atoms with Crippen LogP contribution in [0.25, 0.3) is 0 Å². The molecule has 0 bridgehead atoms. The van der Waals surface area contributed by atoms with E-state index in [2.05, 4.69) is 5.32 Å². The van der Waals surface area contributed by atoms with Gasteiger partial charge in [0.05, 0.1) is 6.61 Å². The van der Waals surface area contributed by atoms with E-state index in [1.807, 2.05) is 0 Å². The smallest absolute Gasteiger partial charge is 0.316 e. The summed E-state index contributed by atoms with van der Waals surface area (Å²) in [5.74, 6) is 0. The van der Waals surface area contributed by atoms with Crippen molar-refractivity contribution in [2.24, 2.45) is 5.73 Å². The first-order valence-electron chi connectivity index (χ1n) is 4.27. The highest BCUT2D eigenvalue weighted by Gasteiger charge is 2.04. The second-order valence-electron chi connectivity index (χ2n) is 3.13. The molecule has 5 nitrogen and oxygen atoms in total. The van der Waals surface area contributed by atoms with Crippen LogP contribution in [0.15, 0.2) is 0 Å². The zero-order valence-electron chi connectivity index (χ0n) is 8.54. The van der Waals surface area contributed by atoms with Crippen LogP contribution in [0.4, 0.5) is 4.79 Å². The number of nitrogens with one attached hydrogen (secondary N) is 1. The van der Waals surface area contributed by atoms with Gasteiger partial charge in [-0.15, -0.1) is 0 Å². The van der Waals surface area contributed by atoms with E-state index in [0.29, 0.717) is 13.2 Å². The van der Waals surface area contributed by atoms with Crippen LogP contribution in [0.3, 0.4) is 0 Å². The Morgan fingerprint density at radius 3 is 2.69 bits per heavy atom. The van der Waals surface area contributed by atoms with E-state index in [1.54, 1.807) is 21.2 Å². The van der Waals surface area contributed by atoms with E-state index in [0.717, 1.165) is 6.42 Å². The van der Waals surface area contributed by atoms with Gasteiger partial charge in [0, 0.05) is 33.8 Å². The third-order valence-corrected chi connectivity index (χ3v) is 1.58. The molecular weight excluding hydrogens is 170 g/mol. The highest BCUT2D eigenvalue weighted by Crippen LogP contribution is 1.87. The molecular formula is C8H19N3O2. The fourth-order valence-electron chi connectivity index (χ4n) is 0.820. The SMILES string of the molecule is COCC(N)CCNC(=O)N(C)C. The summed E-state index contributed by atoms with van der Waals surface area (Å²) >= 11 is 0. The average molecular weight is 189 g/mol. The van der Waals surface area contributed by atoms with E-state index < -0.39 is 0 Å². The fraction of sp³-hybridized carbons (Fsp3) is 0.875. The van der Waals surface area contributed by atoms with Gasteiger partial charge in [-0.2, -0.15) is 0 Å². The van der Waals surface area contributed by atoms with Gasteiger partial charge in [0.2, 0.25) is 0 Å². The Bertz CT molecular complexity index is 150. The molecule has 2 amide bonds. The van der Waals surface area contributed by atoms with E-state index in [9.17, 15) is 4.79 Å². The third-order valence-electron chi connectivity index (χ3n) is 1.58. The number of hydrogen-bond acceptors (Lipinski definition) is 3. The maximum absolute atomic E-state index is 11.0. The van der Waals surface area contributed by atoms with E-state index in [-0.39, 0.29) is 12.1 Å². The quantitative estimate of drug-likeness (QED) is 0.619. The molecule has 1 unspecified atom stereocenters. The zero-order chi connectivity index (χ0) is 10.3. The second-order valence-corrected chi connectivity index (χ2v) is 3.13. The molecule has 78 valence electrons. The van der Waals surface area contributed by atoms with Crippen molar-refractivity contribution in [2.75, 3.05) is 34.4 Å². The first-order valence-corrected chi connectivity index (χ1v) is 4.27. The molecule has 0 aliphatic rings. The number of rotatable bonds is 5. The van der Waals surface area contributed by atoms with Gasteiger partial charge in [-0.3, -0.25) is 0 Å². The number of amides is 2. The van der Waals surface area contributed by atoms with E-state index in [4.69, 9.17) is 10.5 Å². The molecule has 0 saturated carbocycles. The summed E-state index contributed by atoms with van der Waals surface area (Å²) in [6.07, 6.45) is 0.730. The Morgan fingerprint density at radius 2 is 2.23 bits per heavy atom. The van der Waals surface area contributed by atoms with Gasteiger partial charge in [-0.05, 0) is 6.42 Å². The maximum Gasteiger partial charge on any atom is 0.316 e. The molecule has 13 heavy (non-hydrogen) atoms. The molecule has 3 N–H and O–H groups in total. The van der Waals surface area contributed by atoms with Crippen molar-refractivity contribution >= 4 is 6.03 Å². The molecule has 0 rings (SSSR count). The van der Waals surface area contributed by atoms with Crippen molar-refractivity contribution in [1.29, 1.82) is 0 Å². The second kappa shape index (κ2) is 6.68. The zero-order valence-corrected chi connectivity index (χ0v) is 8.54. The fourth-order valence-corrected chi connectivity index (χ4v) is 0.820. The Kier molecular flexibility index (Phi) is 6.26. The Hall–Kier alpha value is -0.810. The molecule has 0 aromatic rings. The summed E-state index contributed by atoms with van der Waals surface area (Å²) in [5, 5.41) is 2.72. The lowest BCUT2D eigenvalue weighted by atomic mass is 10.2. The third kappa shape index (κ3) is 6.36. The Morgan fingerprint density at radius 1 is 1.62 bits per heavy atom. The molecule has 0 aliphatic heterocycles. The lowest BCUT2D eigenvalue weighted by Gasteiger charge is -2.14. The van der Waals surface area contributed by atoms with E-state index >= 15 is 0 Å². The van der Waals surface area contributed by atoms with Crippen LogP contribution in [0.2, 0.25) is 0 Å². The predicted molar refractivity (Wildman–Crippen MR) is 51.6 cm³/mol. The number of carbonyl (C=O) groups is 1. The van der Waals surface area contributed by atoms with Gasteiger partial charge in [0.15, 0.2) is 0 Å². The van der Waals surface area contributed by atoms with Gasteiger partial charge < -0.3 is 20.7 Å². The minimum absolute atomic E-state index is 0.00698. The molecule has 1 atom stereocenters. The van der Waals surface area contributed by atoms with Crippen LogP contribution in [0.1, 0.15) is 6.42 Å². The van der Waals surface area contributed by atoms with Crippen molar-refractivity contribution in [3.63, 3.8) is 0 Å². The van der Waals surface area contributed by atoms with Crippen molar-refractivity contribution < 1.29 is 9.53 Å². The van der Waals surface area contributed by atoms with Gasteiger partial charge >= 0.3 is 6.03 Å². The topological polar surface area (TPSA) is 67.6 Å². The minimum Gasteiger partial charge on any atom is -0.383 e. The number of ether oxygens (including phenoxy) is 1. The van der Waals surface area contributed by atoms with Crippen LogP contribution in [0, 0.1) is 0 Å². The molecule has 0 spiro atoms. The molecule has 0 aromatic carbocycles. The van der Waals surface area contributed by atoms with Crippen LogP contribution < -0.4 is 11.1 Å². The molecule has 0 aromatic heterocycles. The summed E-state index contributed by atoms with van der Waals surface area (Å²) < 4.78 is 4.86. The average Bonchev–Trinajstić information content (AvgIpc) is 2.04. The van der Waals surface area contributed by atoms with Crippen molar-refractivity contribution in [3.8, 4) is 0 Å². The standard InChI is InChI=1S/C8H19N3O2/c1-11(2)8(12)10-5-4-7(9)6-13-3/h7H,4-6,9H2,1-3H3,(H,10,12). The summed E-state index contributed by atoms with van der Waals surface area (Å²) in [6.45, 7) is 1.11. The molecule has 0 saturated heterocycles. The Balaban J connectivity index is 3.39. The van der Waals surface area contributed by atoms with Crippen molar-refractivity contribution in [3.05, 3.63) is 0 Å². The minimum atomic E-state index is -0.0929. The van der Waals surface area contributed by atoms with Gasteiger partial charge in [-0.1, -0.05) is 0 Å². The highest BCUT2D eigenvalue weighted by molar-refractivity contribution is 5.73. The number of nitrogens with two attached hydrogens (primary N) is 1. The molecule has 0 aliphatic carbocycles. The summed E-state index contributed by atoms with van der Waals surface area (Å²) in [7, 11) is 5.01. The number of methoxy groups -OCH3 is 1. The number of urea groups is 1. The first-order chi connectivity index (χ1) is 6.07. The van der Waals surface area contributed by atoms with Crippen LogP contribution in [-0.4, -0.2) is 51.3 Å². The summed E-state index contributed by atoms with van der Waals surface area (Å²) in [4.78, 5) is 12.5. The number of carbonyl (C=O) groups excluding carboxylic acids is 1. The maximum atomic E-state index is 11.0. The molecule has 0 heterocycles. The monoisotopic (exact) mass is 189 g/mol. The van der Waals surface area contributed by atoms with E-state index in [1.165, 1.54) is 4.90 Å². The predicted octanol–water partition coefficient (Wildman–Crippen LogP) is -0.379. The first kappa shape index (κ1) is 12.2. The molecule has 0 fully saturated rings. The van der Waals surface area contributed by atoms with Crippen molar-refractivity contribution in [2.45, 2.75) is 12.5 Å². The van der Waals surface area contributed by atoms with Gasteiger partial charge in [0.1, 0.15) is 0 Å². The Labute approximate surface area is 79.2 Å². The lowest BCUT2D eigenvalue weighted by molar-refractivity contribution is 0.176. The van der Waals surface area contributed by atoms with Crippen LogP contribution in [0.5, 0.6) is 0 Å². The number of nitrogens with zero attached hydrogens (tertiary/aromatic N) is 1. The normalized spacial score (nSPS) is 12.3. The van der Waals surface area contributed by atoms with Crippen molar-refractivity contribution in [1.82, 2.24) is 10.2 Å². The van der Waals surface area contributed by atoms with Gasteiger partial charge in [0.25, 0.3) is 0 Å². The van der Waals surface area contributed by atoms with Crippen LogP contribution >= 0.6 is 0 Å². The molecule has 5 heteroatoms. The summed E-state index contributed by atoms with van der Waals surface area (Å²) in [6, 6.07) is -0.0999. The summed E-state index contributed by atoms with van der Waals surface area (Å²) in [5.41, 5.74) is 5.66.